The summed E-state index contributed by atoms with van der Waals surface area (Å²) in [4.78, 5) is 15.2. The van der Waals surface area contributed by atoms with Crippen LogP contribution in [0.4, 0.5) is 11.4 Å². The van der Waals surface area contributed by atoms with Gasteiger partial charge in [-0.2, -0.15) is 0 Å². The molecule has 0 radical (unpaired) electrons. The van der Waals surface area contributed by atoms with Crippen LogP contribution in [0.25, 0.3) is 0 Å². The van der Waals surface area contributed by atoms with Crippen LogP contribution in [0.1, 0.15) is 43.0 Å². The van der Waals surface area contributed by atoms with Gasteiger partial charge in [0.15, 0.2) is 11.5 Å². The number of carbonyl (C=O) groups is 1. The van der Waals surface area contributed by atoms with E-state index >= 15 is 0 Å². The molecule has 0 atom stereocenters. The molecule has 7 nitrogen and oxygen atoms in total. The number of hydrogen-bond donors (Lipinski definition) is 2. The van der Waals surface area contributed by atoms with E-state index in [4.69, 9.17) is 19.9 Å². The number of rotatable bonds is 10. The van der Waals surface area contributed by atoms with Crippen molar-refractivity contribution in [1.82, 2.24) is 4.90 Å². The number of nitrogens with zero attached hydrogens (tertiary/aromatic N) is 1. The molecule has 1 amide bonds. The van der Waals surface area contributed by atoms with Crippen molar-refractivity contribution in [3.05, 3.63) is 72.3 Å². The number of hydrogen-bond acceptors (Lipinski definition) is 6. The first kappa shape index (κ1) is 25.4. The van der Waals surface area contributed by atoms with E-state index in [-0.39, 0.29) is 12.0 Å². The zero-order chi connectivity index (χ0) is 25.3. The number of likely N-dealkylation sites (tertiary alicyclic amines) is 1. The van der Waals surface area contributed by atoms with Crippen molar-refractivity contribution in [2.75, 3.05) is 37.8 Å². The lowest BCUT2D eigenvalue weighted by Crippen LogP contribution is -2.38. The molecule has 0 bridgehead atoms. The molecule has 1 aliphatic heterocycles. The average Bonchev–Trinajstić information content (AvgIpc) is 2.90. The Bertz CT molecular complexity index is 1120. The lowest BCUT2D eigenvalue weighted by atomic mass is 10.1. The fourth-order valence-electron chi connectivity index (χ4n) is 4.21. The highest BCUT2D eigenvalue weighted by Gasteiger charge is 2.20. The van der Waals surface area contributed by atoms with E-state index in [1.54, 1.807) is 61.7 Å². The molecule has 0 aromatic heterocycles. The second-order valence-corrected chi connectivity index (χ2v) is 9.03. The predicted molar refractivity (Wildman–Crippen MR) is 143 cm³/mol. The summed E-state index contributed by atoms with van der Waals surface area (Å²) in [6.45, 7) is 5.58. The van der Waals surface area contributed by atoms with Crippen LogP contribution in [0.15, 0.2) is 66.7 Å². The van der Waals surface area contributed by atoms with Gasteiger partial charge in [-0.1, -0.05) is 13.3 Å². The Morgan fingerprint density at radius 2 is 1.67 bits per heavy atom. The maximum atomic E-state index is 12.7. The maximum Gasteiger partial charge on any atom is 0.255 e. The normalized spacial score (nSPS) is 14.3. The molecule has 1 fully saturated rings. The Labute approximate surface area is 213 Å². The quantitative estimate of drug-likeness (QED) is 0.342. The number of nitrogens with two attached hydrogens (primary N) is 1. The van der Waals surface area contributed by atoms with E-state index in [0.717, 1.165) is 31.7 Å². The minimum absolute atomic E-state index is 0.181. The zero-order valence-corrected chi connectivity index (χ0v) is 21.0. The van der Waals surface area contributed by atoms with Gasteiger partial charge >= 0.3 is 0 Å². The van der Waals surface area contributed by atoms with Crippen LogP contribution in [0.2, 0.25) is 0 Å². The van der Waals surface area contributed by atoms with E-state index in [9.17, 15) is 4.79 Å². The van der Waals surface area contributed by atoms with Crippen molar-refractivity contribution in [2.45, 2.75) is 38.7 Å². The van der Waals surface area contributed by atoms with Crippen LogP contribution < -0.4 is 25.3 Å². The molecule has 7 heteroatoms. The van der Waals surface area contributed by atoms with E-state index in [2.05, 4.69) is 17.1 Å². The smallest absolute Gasteiger partial charge is 0.255 e. The van der Waals surface area contributed by atoms with Crippen molar-refractivity contribution in [1.29, 1.82) is 0 Å². The Hall–Kier alpha value is -3.71. The molecule has 190 valence electrons. The number of ether oxygens (including phenoxy) is 3. The summed E-state index contributed by atoms with van der Waals surface area (Å²) in [6, 6.07) is 19.7. The Balaban J connectivity index is 1.27. The third-order valence-corrected chi connectivity index (χ3v) is 6.31. The standard InChI is InChI=1S/C29H35N3O4/c1-3-4-17-32-18-15-26(16-19-32)35-24-10-5-21(6-11-24)29(33)31-23-8-12-25(13-9-23)36-27-14-7-22(30)20-28(27)34-2/h5-14,20,26H,3-4,15-19,30H2,1-2H3,(H,31,33). The molecule has 1 heterocycles. The molecule has 4 rings (SSSR count). The molecule has 0 spiro atoms. The van der Waals surface area contributed by atoms with Crippen molar-refractivity contribution in [2.24, 2.45) is 0 Å². The maximum absolute atomic E-state index is 12.7. The number of amides is 1. The lowest BCUT2D eigenvalue weighted by molar-refractivity contribution is 0.0997. The summed E-state index contributed by atoms with van der Waals surface area (Å²) < 4.78 is 17.4. The highest BCUT2D eigenvalue weighted by Crippen LogP contribution is 2.33. The summed E-state index contributed by atoms with van der Waals surface area (Å²) >= 11 is 0. The Morgan fingerprint density at radius 1 is 0.972 bits per heavy atom. The second kappa shape index (κ2) is 12.3. The fourth-order valence-corrected chi connectivity index (χ4v) is 4.21. The molecule has 3 N–H and O–H groups in total. The van der Waals surface area contributed by atoms with Gasteiger partial charge in [0.1, 0.15) is 17.6 Å². The number of anilines is 2. The number of unbranched alkanes of at least 4 members (excludes halogenated alkanes) is 1. The van der Waals surface area contributed by atoms with Gasteiger partial charge in [-0.3, -0.25) is 4.79 Å². The van der Waals surface area contributed by atoms with Gasteiger partial charge < -0.3 is 30.2 Å². The molecule has 0 aliphatic carbocycles. The Morgan fingerprint density at radius 3 is 2.33 bits per heavy atom. The number of nitrogen functional groups attached to an aromatic ring is 1. The van der Waals surface area contributed by atoms with E-state index in [0.29, 0.717) is 34.2 Å². The monoisotopic (exact) mass is 489 g/mol. The van der Waals surface area contributed by atoms with Gasteiger partial charge in [-0.05, 0) is 86.5 Å². The number of benzene rings is 3. The molecule has 0 unspecified atom stereocenters. The van der Waals surface area contributed by atoms with E-state index in [1.807, 2.05) is 12.1 Å². The molecular weight excluding hydrogens is 454 g/mol. The third kappa shape index (κ3) is 6.92. The summed E-state index contributed by atoms with van der Waals surface area (Å²) in [5, 5.41) is 2.92. The van der Waals surface area contributed by atoms with Gasteiger partial charge in [0.2, 0.25) is 0 Å². The largest absolute Gasteiger partial charge is 0.493 e. The first-order chi connectivity index (χ1) is 17.5. The van der Waals surface area contributed by atoms with Crippen LogP contribution >= 0.6 is 0 Å². The zero-order valence-electron chi connectivity index (χ0n) is 21.0. The van der Waals surface area contributed by atoms with Gasteiger partial charge in [0.25, 0.3) is 5.91 Å². The van der Waals surface area contributed by atoms with Gasteiger partial charge in [-0.15, -0.1) is 0 Å². The van der Waals surface area contributed by atoms with Gasteiger partial charge in [0.05, 0.1) is 7.11 Å². The average molecular weight is 490 g/mol. The minimum Gasteiger partial charge on any atom is -0.493 e. The van der Waals surface area contributed by atoms with Crippen molar-refractivity contribution in [3.63, 3.8) is 0 Å². The number of carbonyl (C=O) groups excluding carboxylic acids is 1. The van der Waals surface area contributed by atoms with Gasteiger partial charge in [0, 0.05) is 36.1 Å². The summed E-state index contributed by atoms with van der Waals surface area (Å²) in [5.41, 5.74) is 7.64. The van der Waals surface area contributed by atoms with E-state index in [1.165, 1.54) is 19.4 Å². The molecule has 36 heavy (non-hydrogen) atoms. The SMILES string of the molecule is CCCCN1CCC(Oc2ccc(C(=O)Nc3ccc(Oc4ccc(N)cc4OC)cc3)cc2)CC1. The molecule has 3 aromatic rings. The van der Waals surface area contributed by atoms with Gasteiger partial charge in [-0.25, -0.2) is 0 Å². The number of methoxy groups -OCH3 is 1. The highest BCUT2D eigenvalue weighted by atomic mass is 16.5. The van der Waals surface area contributed by atoms with Crippen molar-refractivity contribution in [3.8, 4) is 23.0 Å². The van der Waals surface area contributed by atoms with E-state index < -0.39 is 0 Å². The topological polar surface area (TPSA) is 86.0 Å². The van der Waals surface area contributed by atoms with Crippen LogP contribution in [-0.2, 0) is 0 Å². The molecule has 1 aliphatic rings. The van der Waals surface area contributed by atoms with Crippen LogP contribution in [0.3, 0.4) is 0 Å². The summed E-state index contributed by atoms with van der Waals surface area (Å²) in [5.74, 6) is 2.36. The van der Waals surface area contributed by atoms with Crippen LogP contribution in [-0.4, -0.2) is 43.7 Å². The van der Waals surface area contributed by atoms with Crippen molar-refractivity contribution >= 4 is 17.3 Å². The number of piperidine rings is 1. The van der Waals surface area contributed by atoms with Crippen LogP contribution in [0.5, 0.6) is 23.0 Å². The highest BCUT2D eigenvalue weighted by molar-refractivity contribution is 6.04. The summed E-state index contributed by atoms with van der Waals surface area (Å²) in [6.07, 6.45) is 4.80. The predicted octanol–water partition coefficient (Wildman–Crippen LogP) is 5.97. The fraction of sp³-hybridized carbons (Fsp3) is 0.345. The summed E-state index contributed by atoms with van der Waals surface area (Å²) in [7, 11) is 1.57. The first-order valence-electron chi connectivity index (χ1n) is 12.6. The minimum atomic E-state index is -0.181. The third-order valence-electron chi connectivity index (χ3n) is 6.31. The van der Waals surface area contributed by atoms with Crippen molar-refractivity contribution < 1.29 is 19.0 Å². The molecule has 1 saturated heterocycles. The number of nitrogens with one attached hydrogen (secondary N) is 1. The lowest BCUT2D eigenvalue weighted by Gasteiger charge is -2.32. The van der Waals surface area contributed by atoms with Crippen LogP contribution in [0, 0.1) is 0 Å². The Kier molecular flexibility index (Phi) is 8.68. The molecule has 3 aromatic carbocycles. The molecular formula is C29H35N3O4. The first-order valence-corrected chi connectivity index (χ1v) is 12.6. The second-order valence-electron chi connectivity index (χ2n) is 9.03. The molecule has 0 saturated carbocycles.